The predicted octanol–water partition coefficient (Wildman–Crippen LogP) is 2.99. The number of rotatable bonds is 6. The average Bonchev–Trinajstić information content (AvgIpc) is 2.67. The van der Waals surface area contributed by atoms with E-state index in [-0.39, 0.29) is 23.0 Å². The van der Waals surface area contributed by atoms with Gasteiger partial charge in [0.2, 0.25) is 5.95 Å². The van der Waals surface area contributed by atoms with E-state index in [4.69, 9.17) is 0 Å². The number of hydrogen-bond acceptors (Lipinski definition) is 7. The average molecular weight is 406 g/mol. The lowest BCUT2D eigenvalue weighted by Crippen LogP contribution is -2.57. The number of pyridine rings is 1. The number of alkyl halides is 3. The normalized spacial score (nSPS) is 20.4. The smallest absolute Gasteiger partial charge is 0.392 e. The van der Waals surface area contributed by atoms with Crippen molar-refractivity contribution in [3.8, 4) is 6.07 Å². The lowest BCUT2D eigenvalue weighted by Gasteiger charge is -2.49. The Kier molecular flexibility index (Phi) is 5.61. The minimum absolute atomic E-state index is 0.0371. The third-order valence-electron chi connectivity index (χ3n) is 5.25. The van der Waals surface area contributed by atoms with Gasteiger partial charge in [-0.05, 0) is 30.5 Å². The Labute approximate surface area is 166 Å². The molecule has 3 rings (SSSR count). The second kappa shape index (κ2) is 7.83. The van der Waals surface area contributed by atoms with Crippen molar-refractivity contribution in [3.63, 3.8) is 0 Å². The van der Waals surface area contributed by atoms with E-state index in [1.165, 1.54) is 12.3 Å². The van der Waals surface area contributed by atoms with E-state index in [1.54, 1.807) is 0 Å². The summed E-state index contributed by atoms with van der Waals surface area (Å²) >= 11 is 0. The van der Waals surface area contributed by atoms with E-state index in [0.29, 0.717) is 30.8 Å². The van der Waals surface area contributed by atoms with E-state index in [0.717, 1.165) is 12.3 Å². The molecule has 29 heavy (non-hydrogen) atoms. The highest BCUT2D eigenvalue weighted by molar-refractivity contribution is 5.54. The van der Waals surface area contributed by atoms with Crippen LogP contribution in [0.1, 0.15) is 37.1 Å². The number of aliphatic hydroxyl groups is 1. The number of nitrogens with zero attached hydrogens (tertiary/aromatic N) is 4. The fourth-order valence-electron chi connectivity index (χ4n) is 3.07. The predicted molar refractivity (Wildman–Crippen MR) is 100.0 cm³/mol. The van der Waals surface area contributed by atoms with Crippen LogP contribution in [0.2, 0.25) is 0 Å². The molecule has 1 saturated carbocycles. The Morgan fingerprint density at radius 1 is 1.34 bits per heavy atom. The van der Waals surface area contributed by atoms with Crippen LogP contribution in [0.15, 0.2) is 24.5 Å². The Hall–Kier alpha value is -2.93. The van der Waals surface area contributed by atoms with Gasteiger partial charge in [-0.25, -0.2) is 4.98 Å². The molecule has 1 aliphatic carbocycles. The molecule has 0 aromatic carbocycles. The van der Waals surface area contributed by atoms with Crippen molar-refractivity contribution < 1.29 is 18.3 Å². The van der Waals surface area contributed by atoms with Gasteiger partial charge in [0.15, 0.2) is 0 Å². The monoisotopic (exact) mass is 406 g/mol. The molecular weight excluding hydrogens is 385 g/mol. The fraction of sp³-hybridized carbons (Fsp3) is 0.474. The van der Waals surface area contributed by atoms with Crippen molar-refractivity contribution in [1.29, 1.82) is 5.26 Å². The van der Waals surface area contributed by atoms with Crippen molar-refractivity contribution in [3.05, 3.63) is 41.3 Å². The molecule has 0 amide bonds. The Morgan fingerprint density at radius 3 is 2.72 bits per heavy atom. The maximum absolute atomic E-state index is 12.7. The number of anilines is 2. The number of aliphatic hydroxyl groups excluding tert-OH is 1. The molecule has 2 aromatic heterocycles. The first-order valence-electron chi connectivity index (χ1n) is 9.09. The molecule has 0 spiro atoms. The third kappa shape index (κ3) is 4.56. The van der Waals surface area contributed by atoms with Gasteiger partial charge in [0.1, 0.15) is 23.1 Å². The molecule has 1 aliphatic rings. The Bertz CT molecular complexity index is 925. The minimum atomic E-state index is -4.48. The fourth-order valence-corrected chi connectivity index (χ4v) is 3.07. The largest absolute Gasteiger partial charge is 0.433 e. The highest BCUT2D eigenvalue weighted by atomic mass is 19.4. The molecule has 0 saturated heterocycles. The first kappa shape index (κ1) is 20.8. The standard InChI is InChI=1S/C19H21F3N6O/c1-18(2)13(8-15(18)29)27-16-12(9-23)10-26-17(28-16)25-6-4-11-3-5-24-14(7-11)19(20,21)22/h3,5,7,10,13,15,29H,4,6,8H2,1-2H3,(H2,25,26,27,28)/t13-,15+/m1/s1. The van der Waals surface area contributed by atoms with Crippen LogP contribution in [0.4, 0.5) is 24.9 Å². The van der Waals surface area contributed by atoms with Gasteiger partial charge >= 0.3 is 6.18 Å². The van der Waals surface area contributed by atoms with Gasteiger partial charge in [-0.2, -0.15) is 23.4 Å². The van der Waals surface area contributed by atoms with Gasteiger partial charge in [0.05, 0.1) is 12.3 Å². The number of nitrogens with one attached hydrogen (secondary N) is 2. The number of halogens is 3. The number of aromatic nitrogens is 3. The van der Waals surface area contributed by atoms with E-state index in [2.05, 4.69) is 25.6 Å². The van der Waals surface area contributed by atoms with Gasteiger partial charge in [-0.1, -0.05) is 13.8 Å². The summed E-state index contributed by atoms with van der Waals surface area (Å²) in [7, 11) is 0. The molecule has 3 N–H and O–H groups in total. The van der Waals surface area contributed by atoms with Crippen LogP contribution >= 0.6 is 0 Å². The van der Waals surface area contributed by atoms with Gasteiger partial charge in [0.25, 0.3) is 0 Å². The lowest BCUT2D eigenvalue weighted by atomic mass is 9.64. The van der Waals surface area contributed by atoms with Crippen LogP contribution in [-0.4, -0.2) is 38.7 Å². The zero-order valence-corrected chi connectivity index (χ0v) is 16.0. The minimum Gasteiger partial charge on any atom is -0.392 e. The molecule has 0 bridgehead atoms. The second-order valence-corrected chi connectivity index (χ2v) is 7.56. The van der Waals surface area contributed by atoms with Crippen molar-refractivity contribution in [2.24, 2.45) is 5.41 Å². The van der Waals surface area contributed by atoms with Crippen LogP contribution in [0.25, 0.3) is 0 Å². The topological polar surface area (TPSA) is 107 Å². The second-order valence-electron chi connectivity index (χ2n) is 7.56. The molecule has 10 heteroatoms. The maximum Gasteiger partial charge on any atom is 0.433 e. The zero-order chi connectivity index (χ0) is 21.2. The molecule has 0 radical (unpaired) electrons. The molecule has 0 unspecified atom stereocenters. The summed E-state index contributed by atoms with van der Waals surface area (Å²) in [5.74, 6) is 0.618. The summed E-state index contributed by atoms with van der Waals surface area (Å²) in [6.45, 7) is 4.16. The maximum atomic E-state index is 12.7. The van der Waals surface area contributed by atoms with Gasteiger partial charge < -0.3 is 15.7 Å². The summed E-state index contributed by atoms with van der Waals surface area (Å²) in [6.07, 6.45) is -1.52. The van der Waals surface area contributed by atoms with Crippen LogP contribution in [0, 0.1) is 16.7 Å². The van der Waals surface area contributed by atoms with Crippen molar-refractivity contribution in [1.82, 2.24) is 15.0 Å². The van der Waals surface area contributed by atoms with Crippen molar-refractivity contribution in [2.75, 3.05) is 17.2 Å². The molecule has 0 aliphatic heterocycles. The van der Waals surface area contributed by atoms with Crippen molar-refractivity contribution >= 4 is 11.8 Å². The SMILES string of the molecule is CC1(C)[C@@H](O)C[C@H]1Nc1nc(NCCc2ccnc(C(F)(F)F)c2)ncc1C#N. The number of nitriles is 1. The van der Waals surface area contributed by atoms with Crippen molar-refractivity contribution in [2.45, 2.75) is 45.0 Å². The molecule has 2 atom stereocenters. The molecule has 1 fully saturated rings. The van der Waals surface area contributed by atoms with Gasteiger partial charge in [-0.15, -0.1) is 0 Å². The highest BCUT2D eigenvalue weighted by Gasteiger charge is 2.47. The summed E-state index contributed by atoms with van der Waals surface area (Å²) in [5, 5.41) is 25.3. The number of hydrogen-bond donors (Lipinski definition) is 3. The van der Waals surface area contributed by atoms with Gasteiger partial charge in [0, 0.05) is 24.2 Å². The van der Waals surface area contributed by atoms with E-state index in [9.17, 15) is 23.5 Å². The highest BCUT2D eigenvalue weighted by Crippen LogP contribution is 2.42. The van der Waals surface area contributed by atoms with E-state index in [1.807, 2.05) is 19.9 Å². The van der Waals surface area contributed by atoms with Crippen LogP contribution < -0.4 is 10.6 Å². The molecule has 7 nitrogen and oxygen atoms in total. The van der Waals surface area contributed by atoms with Crippen LogP contribution in [0.5, 0.6) is 0 Å². The summed E-state index contributed by atoms with van der Waals surface area (Å²) in [6, 6.07) is 4.52. The Balaban J connectivity index is 1.64. The van der Waals surface area contributed by atoms with Crippen LogP contribution in [0.3, 0.4) is 0 Å². The molecule has 2 aromatic rings. The van der Waals surface area contributed by atoms with E-state index >= 15 is 0 Å². The summed E-state index contributed by atoms with van der Waals surface area (Å²) in [5.41, 5.74) is -0.516. The molecule has 154 valence electrons. The van der Waals surface area contributed by atoms with E-state index < -0.39 is 18.0 Å². The lowest BCUT2D eigenvalue weighted by molar-refractivity contribution is -0.141. The molecule has 2 heterocycles. The summed E-state index contributed by atoms with van der Waals surface area (Å²) in [4.78, 5) is 11.7. The molecular formula is C19H21F3N6O. The first-order valence-corrected chi connectivity index (χ1v) is 9.09. The van der Waals surface area contributed by atoms with Gasteiger partial charge in [-0.3, -0.25) is 4.98 Å². The quantitative estimate of drug-likeness (QED) is 0.677. The summed E-state index contributed by atoms with van der Waals surface area (Å²) < 4.78 is 38.2. The first-order chi connectivity index (χ1) is 13.6. The Morgan fingerprint density at radius 2 is 2.10 bits per heavy atom. The van der Waals surface area contributed by atoms with Crippen LogP contribution in [-0.2, 0) is 12.6 Å². The zero-order valence-electron chi connectivity index (χ0n) is 16.0. The third-order valence-corrected chi connectivity index (χ3v) is 5.25.